The third-order valence-electron chi connectivity index (χ3n) is 5.47. The molecular weight excluding hydrogens is 270 g/mol. The first-order valence-corrected chi connectivity index (χ1v) is 7.46. The maximum absolute atomic E-state index is 11.7. The number of esters is 1. The molecule has 0 heterocycles. The predicted octanol–water partition coefficient (Wildman–Crippen LogP) is 3.30. The maximum Gasteiger partial charge on any atom is 0.407 e. The molecule has 0 spiro atoms. The van der Waals surface area contributed by atoms with Crippen LogP contribution in [0.3, 0.4) is 0 Å². The second-order valence-corrected chi connectivity index (χ2v) is 6.59. The van der Waals surface area contributed by atoms with Crippen molar-refractivity contribution in [2.45, 2.75) is 52.5 Å². The largest absolute Gasteiger partial charge is 0.465 e. The number of carbonyl (C=O) groups is 2. The Labute approximate surface area is 127 Å². The number of ether oxygens (including phenoxy) is 1. The fraction of sp³-hybridized carbons (Fsp3) is 0.750. The van der Waals surface area contributed by atoms with Crippen LogP contribution in [0.15, 0.2) is 12.7 Å². The fourth-order valence-corrected chi connectivity index (χ4v) is 3.30. The van der Waals surface area contributed by atoms with Crippen LogP contribution >= 0.6 is 0 Å². The molecule has 1 aliphatic carbocycles. The van der Waals surface area contributed by atoms with Gasteiger partial charge in [-0.25, -0.2) is 9.59 Å². The Hall–Kier alpha value is -1.52. The summed E-state index contributed by atoms with van der Waals surface area (Å²) >= 11 is 0. The minimum absolute atomic E-state index is 0.0528. The van der Waals surface area contributed by atoms with E-state index >= 15 is 0 Å². The highest BCUT2D eigenvalue weighted by molar-refractivity contribution is 5.81. The van der Waals surface area contributed by atoms with Gasteiger partial charge in [0.2, 0.25) is 0 Å². The molecule has 0 saturated heterocycles. The van der Waals surface area contributed by atoms with Crippen molar-refractivity contribution in [2.75, 3.05) is 13.2 Å². The van der Waals surface area contributed by atoms with E-state index in [0.29, 0.717) is 5.92 Å². The van der Waals surface area contributed by atoms with Gasteiger partial charge in [0.15, 0.2) is 0 Å². The molecule has 0 aromatic carbocycles. The lowest BCUT2D eigenvalue weighted by Gasteiger charge is -2.56. The van der Waals surface area contributed by atoms with Gasteiger partial charge >= 0.3 is 12.1 Å². The molecule has 1 amide bonds. The van der Waals surface area contributed by atoms with Crippen LogP contribution in [0.1, 0.15) is 47.0 Å². The molecule has 1 rings (SSSR count). The van der Waals surface area contributed by atoms with Crippen molar-refractivity contribution in [3.63, 3.8) is 0 Å². The summed E-state index contributed by atoms with van der Waals surface area (Å²) < 4.78 is 4.94. The monoisotopic (exact) mass is 297 g/mol. The molecule has 5 heteroatoms. The summed E-state index contributed by atoms with van der Waals surface area (Å²) in [4.78, 5) is 24.2. The van der Waals surface area contributed by atoms with Gasteiger partial charge in [-0.3, -0.25) is 4.90 Å². The first kappa shape index (κ1) is 17.5. The van der Waals surface area contributed by atoms with E-state index in [0.717, 1.165) is 25.3 Å². The molecule has 120 valence electrons. The molecule has 2 atom stereocenters. The lowest BCUT2D eigenvalue weighted by atomic mass is 9.58. The Morgan fingerprint density at radius 1 is 1.43 bits per heavy atom. The molecular formula is C16H27NO4. The minimum Gasteiger partial charge on any atom is -0.465 e. The fourth-order valence-electron chi connectivity index (χ4n) is 3.30. The molecule has 0 aromatic heterocycles. The number of amides is 1. The Bertz CT molecular complexity index is 419. The van der Waals surface area contributed by atoms with Crippen molar-refractivity contribution < 1.29 is 19.4 Å². The van der Waals surface area contributed by atoms with E-state index in [-0.39, 0.29) is 18.6 Å². The van der Waals surface area contributed by atoms with Gasteiger partial charge in [-0.15, -0.1) is 0 Å². The second-order valence-electron chi connectivity index (χ2n) is 6.59. The average Bonchev–Trinajstić information content (AvgIpc) is 2.40. The van der Waals surface area contributed by atoms with Gasteiger partial charge in [0.25, 0.3) is 0 Å². The summed E-state index contributed by atoms with van der Waals surface area (Å²) in [6, 6.07) is 0. The van der Waals surface area contributed by atoms with Gasteiger partial charge in [-0.1, -0.05) is 40.2 Å². The zero-order valence-electron chi connectivity index (χ0n) is 13.5. The lowest BCUT2D eigenvalue weighted by molar-refractivity contribution is -0.139. The number of rotatable bonds is 5. The van der Waals surface area contributed by atoms with Gasteiger partial charge in [0.05, 0.1) is 6.54 Å². The van der Waals surface area contributed by atoms with Crippen LogP contribution in [0.2, 0.25) is 0 Å². The summed E-state index contributed by atoms with van der Waals surface area (Å²) in [7, 11) is 0. The van der Waals surface area contributed by atoms with Crippen molar-refractivity contribution >= 4 is 12.1 Å². The van der Waals surface area contributed by atoms with Gasteiger partial charge in [-0.2, -0.15) is 0 Å². The smallest absolute Gasteiger partial charge is 0.407 e. The Balaban J connectivity index is 2.90. The van der Waals surface area contributed by atoms with Gasteiger partial charge in [0, 0.05) is 11.6 Å². The van der Waals surface area contributed by atoms with Crippen molar-refractivity contribution in [1.29, 1.82) is 0 Å². The number of hydrogen-bond acceptors (Lipinski definition) is 3. The molecule has 1 N–H and O–H groups in total. The highest BCUT2D eigenvalue weighted by Gasteiger charge is 2.51. The molecule has 1 saturated carbocycles. The van der Waals surface area contributed by atoms with Crippen LogP contribution in [0, 0.1) is 11.3 Å². The normalized spacial score (nSPS) is 27.7. The van der Waals surface area contributed by atoms with Crippen LogP contribution < -0.4 is 0 Å². The molecule has 0 aliphatic heterocycles. The van der Waals surface area contributed by atoms with E-state index in [1.165, 1.54) is 4.90 Å². The van der Waals surface area contributed by atoms with Gasteiger partial charge < -0.3 is 9.84 Å². The molecule has 2 unspecified atom stereocenters. The lowest BCUT2D eigenvalue weighted by Crippen LogP contribution is -2.62. The molecule has 0 bridgehead atoms. The van der Waals surface area contributed by atoms with E-state index < -0.39 is 17.6 Å². The van der Waals surface area contributed by atoms with E-state index in [1.807, 2.05) is 6.92 Å². The van der Waals surface area contributed by atoms with Crippen LogP contribution in [0.25, 0.3) is 0 Å². The SMILES string of the molecule is C=CC(=O)OCCN(C(=O)O)C1(C)CCCC(C)C1(C)C. The molecule has 0 aromatic rings. The Kier molecular flexibility index (Phi) is 5.42. The van der Waals surface area contributed by atoms with Crippen molar-refractivity contribution in [3.8, 4) is 0 Å². The maximum atomic E-state index is 11.7. The third kappa shape index (κ3) is 3.39. The summed E-state index contributed by atoms with van der Waals surface area (Å²) in [5.41, 5.74) is -0.594. The first-order valence-electron chi connectivity index (χ1n) is 7.46. The number of carboxylic acid groups (broad SMARTS) is 1. The van der Waals surface area contributed by atoms with Crippen molar-refractivity contribution in [3.05, 3.63) is 12.7 Å². The quantitative estimate of drug-likeness (QED) is 0.624. The zero-order valence-corrected chi connectivity index (χ0v) is 13.5. The Morgan fingerprint density at radius 2 is 2.05 bits per heavy atom. The standard InChI is InChI=1S/C16H27NO4/c1-6-13(18)21-11-10-17(14(19)20)16(5)9-7-8-12(2)15(16,3)4/h6,12H,1,7-11H2,2-5H3,(H,19,20). The van der Waals surface area contributed by atoms with Gasteiger partial charge in [0.1, 0.15) is 6.61 Å². The van der Waals surface area contributed by atoms with Crippen LogP contribution in [0.5, 0.6) is 0 Å². The molecule has 1 fully saturated rings. The minimum atomic E-state index is -0.964. The summed E-state index contributed by atoms with van der Waals surface area (Å²) in [5, 5.41) is 9.60. The van der Waals surface area contributed by atoms with Crippen molar-refractivity contribution in [1.82, 2.24) is 4.90 Å². The number of nitrogens with zero attached hydrogens (tertiary/aromatic N) is 1. The number of carbonyl (C=O) groups excluding carboxylic acids is 1. The summed E-state index contributed by atoms with van der Waals surface area (Å²) in [6.45, 7) is 12.0. The summed E-state index contributed by atoms with van der Waals surface area (Å²) in [6.07, 6.45) is 3.07. The second kappa shape index (κ2) is 6.50. The van der Waals surface area contributed by atoms with Crippen LogP contribution in [0.4, 0.5) is 4.79 Å². The van der Waals surface area contributed by atoms with Gasteiger partial charge in [-0.05, 0) is 24.7 Å². The van der Waals surface area contributed by atoms with Crippen LogP contribution in [-0.2, 0) is 9.53 Å². The molecule has 5 nitrogen and oxygen atoms in total. The van der Waals surface area contributed by atoms with E-state index in [2.05, 4.69) is 27.4 Å². The van der Waals surface area contributed by atoms with E-state index in [9.17, 15) is 14.7 Å². The van der Waals surface area contributed by atoms with Crippen molar-refractivity contribution in [2.24, 2.45) is 11.3 Å². The predicted molar refractivity (Wildman–Crippen MR) is 81.1 cm³/mol. The average molecular weight is 297 g/mol. The molecule has 21 heavy (non-hydrogen) atoms. The number of hydrogen-bond donors (Lipinski definition) is 1. The van der Waals surface area contributed by atoms with E-state index in [1.54, 1.807) is 0 Å². The Morgan fingerprint density at radius 3 is 2.57 bits per heavy atom. The topological polar surface area (TPSA) is 66.8 Å². The summed E-state index contributed by atoms with van der Waals surface area (Å²) in [5.74, 6) is -0.0874. The first-order chi connectivity index (χ1) is 9.66. The molecule has 1 aliphatic rings. The highest BCUT2D eigenvalue weighted by atomic mass is 16.5. The highest BCUT2D eigenvalue weighted by Crippen LogP contribution is 2.50. The zero-order chi connectivity index (χ0) is 16.3. The third-order valence-corrected chi connectivity index (χ3v) is 5.47. The molecule has 0 radical (unpaired) electrons. The van der Waals surface area contributed by atoms with E-state index in [4.69, 9.17) is 4.74 Å². The van der Waals surface area contributed by atoms with Crippen LogP contribution in [-0.4, -0.2) is 40.8 Å².